The lowest BCUT2D eigenvalue weighted by Crippen LogP contribution is -2.30. The third-order valence-corrected chi connectivity index (χ3v) is 4.14. The van der Waals surface area contributed by atoms with Crippen LogP contribution in [0.1, 0.15) is 29.8 Å². The number of benzene rings is 1. The number of anilines is 2. The molecule has 1 aromatic carbocycles. The molecular weight excluding hydrogens is 306 g/mol. The van der Waals surface area contributed by atoms with E-state index < -0.39 is 0 Å². The first-order valence-electron chi connectivity index (χ1n) is 7.98. The number of carbonyl (C=O) groups excluding carboxylic acids is 1. The van der Waals surface area contributed by atoms with Crippen LogP contribution in [0.4, 0.5) is 11.5 Å². The summed E-state index contributed by atoms with van der Waals surface area (Å²) in [6.45, 7) is 1.95. The molecule has 1 aliphatic rings. The van der Waals surface area contributed by atoms with Gasteiger partial charge in [0.1, 0.15) is 28.9 Å². The van der Waals surface area contributed by atoms with E-state index >= 15 is 0 Å². The number of hydrogen-bond donors (Lipinski definition) is 2. The second-order valence-electron chi connectivity index (χ2n) is 5.79. The molecule has 4 rings (SSSR count). The highest BCUT2D eigenvalue weighted by Gasteiger charge is 2.15. The molecular formula is C16H17N7O. The minimum Gasteiger partial charge on any atom is -0.357 e. The van der Waals surface area contributed by atoms with Gasteiger partial charge in [0.2, 0.25) is 0 Å². The van der Waals surface area contributed by atoms with Crippen molar-refractivity contribution in [1.29, 1.82) is 0 Å². The van der Waals surface area contributed by atoms with Gasteiger partial charge in [-0.05, 0) is 37.5 Å². The maximum absolute atomic E-state index is 12.5. The van der Waals surface area contributed by atoms with Crippen molar-refractivity contribution in [2.24, 2.45) is 0 Å². The van der Waals surface area contributed by atoms with Crippen molar-refractivity contribution in [2.75, 3.05) is 23.3 Å². The maximum atomic E-state index is 12.5. The molecule has 2 aromatic heterocycles. The molecule has 8 nitrogen and oxygen atoms in total. The fourth-order valence-corrected chi connectivity index (χ4v) is 2.88. The van der Waals surface area contributed by atoms with E-state index in [1.54, 1.807) is 24.3 Å². The van der Waals surface area contributed by atoms with Crippen molar-refractivity contribution in [3.8, 4) is 0 Å². The van der Waals surface area contributed by atoms with Crippen LogP contribution in [-0.2, 0) is 0 Å². The van der Waals surface area contributed by atoms with E-state index in [-0.39, 0.29) is 5.91 Å². The summed E-state index contributed by atoms with van der Waals surface area (Å²) in [4.78, 5) is 23.1. The summed E-state index contributed by atoms with van der Waals surface area (Å²) in [6, 6.07) is 7.10. The molecule has 0 saturated carbocycles. The maximum Gasteiger partial charge on any atom is 0.274 e. The fourth-order valence-electron chi connectivity index (χ4n) is 2.88. The lowest BCUT2D eigenvalue weighted by molar-refractivity contribution is 0.102. The molecule has 24 heavy (non-hydrogen) atoms. The van der Waals surface area contributed by atoms with Crippen molar-refractivity contribution in [2.45, 2.75) is 19.3 Å². The Bertz CT molecular complexity index is 869. The molecule has 1 aliphatic heterocycles. The van der Waals surface area contributed by atoms with Crippen LogP contribution >= 0.6 is 0 Å². The van der Waals surface area contributed by atoms with Gasteiger partial charge in [0, 0.05) is 24.8 Å². The van der Waals surface area contributed by atoms with Crippen molar-refractivity contribution >= 4 is 28.4 Å². The first kappa shape index (κ1) is 14.6. The van der Waals surface area contributed by atoms with E-state index in [2.05, 4.69) is 35.6 Å². The Balaban J connectivity index is 1.53. The van der Waals surface area contributed by atoms with E-state index in [9.17, 15) is 4.79 Å². The quantitative estimate of drug-likeness (QED) is 0.764. The normalized spacial score (nSPS) is 14.8. The molecule has 0 aliphatic carbocycles. The van der Waals surface area contributed by atoms with Crippen LogP contribution in [0.3, 0.4) is 0 Å². The zero-order valence-electron chi connectivity index (χ0n) is 13.1. The Kier molecular flexibility index (Phi) is 3.78. The van der Waals surface area contributed by atoms with E-state index in [1.165, 1.54) is 12.7 Å². The number of nitrogens with zero attached hydrogens (tertiary/aromatic N) is 5. The summed E-state index contributed by atoms with van der Waals surface area (Å²) >= 11 is 0. The van der Waals surface area contributed by atoms with Crippen LogP contribution in [0.15, 0.2) is 30.6 Å². The average molecular weight is 323 g/mol. The highest BCUT2D eigenvalue weighted by Crippen LogP contribution is 2.19. The van der Waals surface area contributed by atoms with Gasteiger partial charge in [0.15, 0.2) is 0 Å². The zero-order valence-corrected chi connectivity index (χ0v) is 13.1. The molecule has 3 heterocycles. The number of nitrogens with one attached hydrogen (secondary N) is 2. The predicted octanol–water partition coefficient (Wildman–Crippen LogP) is 1.99. The van der Waals surface area contributed by atoms with Crippen LogP contribution in [0.5, 0.6) is 0 Å². The third-order valence-electron chi connectivity index (χ3n) is 4.14. The number of hydrogen-bond acceptors (Lipinski definition) is 6. The summed E-state index contributed by atoms with van der Waals surface area (Å²) in [7, 11) is 0. The van der Waals surface area contributed by atoms with Crippen LogP contribution in [0.2, 0.25) is 0 Å². The van der Waals surface area contributed by atoms with Crippen LogP contribution in [0.25, 0.3) is 11.0 Å². The van der Waals surface area contributed by atoms with Gasteiger partial charge in [-0.15, -0.1) is 0 Å². The molecule has 0 radical (unpaired) electrons. The second-order valence-corrected chi connectivity index (χ2v) is 5.79. The third kappa shape index (κ3) is 2.90. The minimum atomic E-state index is -0.265. The van der Waals surface area contributed by atoms with Gasteiger partial charge in [0.25, 0.3) is 5.91 Å². The predicted molar refractivity (Wildman–Crippen MR) is 89.9 cm³/mol. The van der Waals surface area contributed by atoms with Crippen LogP contribution < -0.4 is 10.2 Å². The topological polar surface area (TPSA) is 99.7 Å². The van der Waals surface area contributed by atoms with Gasteiger partial charge >= 0.3 is 0 Å². The molecule has 3 aromatic rings. The highest BCUT2D eigenvalue weighted by molar-refractivity contribution is 6.03. The van der Waals surface area contributed by atoms with Gasteiger partial charge < -0.3 is 10.2 Å². The van der Waals surface area contributed by atoms with E-state index in [0.717, 1.165) is 37.3 Å². The smallest absolute Gasteiger partial charge is 0.274 e. The highest BCUT2D eigenvalue weighted by atomic mass is 16.1. The average Bonchev–Trinajstić information content (AvgIpc) is 3.10. The Labute approximate surface area is 138 Å². The summed E-state index contributed by atoms with van der Waals surface area (Å²) in [6.07, 6.45) is 5.01. The van der Waals surface area contributed by atoms with E-state index in [4.69, 9.17) is 0 Å². The lowest BCUT2D eigenvalue weighted by atomic mass is 10.1. The first-order valence-corrected chi connectivity index (χ1v) is 7.98. The molecule has 0 spiro atoms. The number of piperidine rings is 1. The van der Waals surface area contributed by atoms with Gasteiger partial charge in [0.05, 0.1) is 0 Å². The number of fused-ring (bicyclic) bond motifs is 1. The molecule has 2 N–H and O–H groups in total. The molecule has 1 fully saturated rings. The number of carbonyl (C=O) groups is 1. The first-order chi connectivity index (χ1) is 11.8. The van der Waals surface area contributed by atoms with Gasteiger partial charge in [-0.25, -0.2) is 9.97 Å². The molecule has 0 unspecified atom stereocenters. The molecule has 1 amide bonds. The standard InChI is InChI=1S/C16H17N7O/c24-16(19-11-4-5-12-13(8-11)21-22-20-12)14-9-15(18-10-17-14)23-6-2-1-3-7-23/h4-5,8-10H,1-3,6-7H2,(H,19,24)(H,20,21,22). The van der Waals surface area contributed by atoms with Crippen molar-refractivity contribution in [1.82, 2.24) is 25.4 Å². The van der Waals surface area contributed by atoms with Gasteiger partial charge in [-0.3, -0.25) is 4.79 Å². The lowest BCUT2D eigenvalue weighted by Gasteiger charge is -2.27. The van der Waals surface area contributed by atoms with E-state index in [0.29, 0.717) is 16.9 Å². The number of H-pyrrole nitrogens is 1. The van der Waals surface area contributed by atoms with E-state index in [1.807, 2.05) is 0 Å². The fraction of sp³-hybridized carbons (Fsp3) is 0.312. The Morgan fingerprint density at radius 2 is 1.88 bits per heavy atom. The van der Waals surface area contributed by atoms with Crippen molar-refractivity contribution < 1.29 is 4.79 Å². The zero-order chi connectivity index (χ0) is 16.4. The van der Waals surface area contributed by atoms with Crippen LogP contribution in [0, 0.1) is 0 Å². The number of aromatic amines is 1. The summed E-state index contributed by atoms with van der Waals surface area (Å²) in [5.74, 6) is 0.542. The summed E-state index contributed by atoms with van der Waals surface area (Å²) in [5, 5.41) is 13.4. The Morgan fingerprint density at radius 3 is 2.75 bits per heavy atom. The van der Waals surface area contributed by atoms with Crippen molar-refractivity contribution in [3.63, 3.8) is 0 Å². The minimum absolute atomic E-state index is 0.265. The largest absolute Gasteiger partial charge is 0.357 e. The van der Waals surface area contributed by atoms with Crippen LogP contribution in [-0.4, -0.2) is 44.4 Å². The number of rotatable bonds is 3. The second kappa shape index (κ2) is 6.23. The summed E-state index contributed by atoms with van der Waals surface area (Å²) < 4.78 is 0. The number of amides is 1. The number of aromatic nitrogens is 5. The molecule has 1 saturated heterocycles. The molecule has 8 heteroatoms. The van der Waals surface area contributed by atoms with Crippen molar-refractivity contribution in [3.05, 3.63) is 36.3 Å². The summed E-state index contributed by atoms with van der Waals surface area (Å²) in [5.41, 5.74) is 2.46. The van der Waals surface area contributed by atoms with Gasteiger partial charge in [-0.2, -0.15) is 15.4 Å². The Hall–Kier alpha value is -3.03. The van der Waals surface area contributed by atoms with Gasteiger partial charge in [-0.1, -0.05) is 0 Å². The molecule has 0 bridgehead atoms. The monoisotopic (exact) mass is 323 g/mol. The Morgan fingerprint density at radius 1 is 1.04 bits per heavy atom. The SMILES string of the molecule is O=C(Nc1ccc2n[nH]nc2c1)c1cc(N2CCCCC2)ncn1. The molecule has 122 valence electrons. The molecule has 0 atom stereocenters.